The lowest BCUT2D eigenvalue weighted by molar-refractivity contribution is 0.0708. The van der Waals surface area contributed by atoms with Crippen LogP contribution in [0.2, 0.25) is 0 Å². The maximum atomic E-state index is 14.7. The standard InChI is InChI=1S/C36H36F3N3O/c1-3-24-7-6-8-27(19-24)30-13-11-25(21-34(38)39)20-29-22-28(12-14-31(29)30)36(43)41-17-15-26(16-18-41)35-40-32-9-4-5-10-33(32)42(35)23(2)37/h4-10,12-14,19-20,22-23,26,34H,3,11,15-18,21H2,1-2H3. The van der Waals surface area contributed by atoms with E-state index in [0.29, 0.717) is 43.5 Å². The second-order valence-corrected chi connectivity index (χ2v) is 11.5. The molecule has 1 aliphatic heterocycles. The number of hydrogen-bond donors (Lipinski definition) is 0. The van der Waals surface area contributed by atoms with Crippen molar-refractivity contribution in [3.05, 3.63) is 112 Å². The summed E-state index contributed by atoms with van der Waals surface area (Å²) in [5.41, 5.74) is 7.71. The molecule has 1 saturated heterocycles. The van der Waals surface area contributed by atoms with Crippen molar-refractivity contribution >= 4 is 28.6 Å². The topological polar surface area (TPSA) is 38.1 Å². The molecule has 6 rings (SSSR count). The molecule has 222 valence electrons. The molecule has 0 N–H and O–H groups in total. The number of carbonyl (C=O) groups excluding carboxylic acids is 1. The molecule has 0 saturated carbocycles. The Balaban J connectivity index is 1.26. The summed E-state index contributed by atoms with van der Waals surface area (Å²) in [5.74, 6) is 0.699. The smallest absolute Gasteiger partial charge is 0.253 e. The largest absolute Gasteiger partial charge is 0.339 e. The number of benzene rings is 3. The zero-order valence-electron chi connectivity index (χ0n) is 24.6. The number of rotatable bonds is 7. The number of nitrogens with zero attached hydrogens (tertiary/aromatic N) is 3. The van der Waals surface area contributed by atoms with Gasteiger partial charge in [-0.1, -0.05) is 67.1 Å². The summed E-state index contributed by atoms with van der Waals surface area (Å²) in [6.45, 7) is 4.70. The Hall–Kier alpha value is -4.13. The minimum absolute atomic E-state index is 0.0492. The van der Waals surface area contributed by atoms with Gasteiger partial charge in [0.05, 0.1) is 11.0 Å². The second-order valence-electron chi connectivity index (χ2n) is 11.5. The second kappa shape index (κ2) is 12.2. The molecule has 4 aromatic rings. The summed E-state index contributed by atoms with van der Waals surface area (Å²) in [6, 6.07) is 21.5. The number of alkyl halides is 3. The van der Waals surface area contributed by atoms with E-state index in [1.165, 1.54) is 12.5 Å². The van der Waals surface area contributed by atoms with Crippen molar-refractivity contribution < 1.29 is 18.0 Å². The quantitative estimate of drug-likeness (QED) is 0.218. The number of piperidine rings is 1. The highest BCUT2D eigenvalue weighted by atomic mass is 19.3. The van der Waals surface area contributed by atoms with E-state index in [-0.39, 0.29) is 18.2 Å². The number of aromatic nitrogens is 2. The summed E-state index contributed by atoms with van der Waals surface area (Å²) in [4.78, 5) is 20.3. The number of imidazole rings is 1. The molecule has 0 radical (unpaired) electrons. The van der Waals surface area contributed by atoms with Gasteiger partial charge < -0.3 is 4.90 Å². The molecule has 1 unspecified atom stereocenters. The first kappa shape index (κ1) is 29.0. The zero-order chi connectivity index (χ0) is 30.1. The van der Waals surface area contributed by atoms with Crippen molar-refractivity contribution in [2.24, 2.45) is 0 Å². The van der Waals surface area contributed by atoms with Crippen LogP contribution in [0, 0.1) is 0 Å². The number of carbonyl (C=O) groups is 1. The minimum Gasteiger partial charge on any atom is -0.339 e. The molecule has 1 amide bonds. The number of allylic oxidation sites excluding steroid dienone is 2. The van der Waals surface area contributed by atoms with Gasteiger partial charge in [0, 0.05) is 31.0 Å². The first-order chi connectivity index (χ1) is 20.8. The summed E-state index contributed by atoms with van der Waals surface area (Å²) in [6.07, 6.45) is 2.64. The van der Waals surface area contributed by atoms with Crippen LogP contribution in [0.4, 0.5) is 13.2 Å². The van der Waals surface area contributed by atoms with Gasteiger partial charge in [-0.25, -0.2) is 18.2 Å². The van der Waals surface area contributed by atoms with E-state index in [2.05, 4.69) is 19.1 Å². The predicted octanol–water partition coefficient (Wildman–Crippen LogP) is 8.98. The van der Waals surface area contributed by atoms with E-state index in [1.807, 2.05) is 71.6 Å². The molecule has 2 aliphatic rings. The summed E-state index contributed by atoms with van der Waals surface area (Å²) >= 11 is 0. The van der Waals surface area contributed by atoms with Crippen LogP contribution in [0.25, 0.3) is 22.7 Å². The minimum atomic E-state index is -2.44. The number of halogens is 3. The van der Waals surface area contributed by atoms with Gasteiger partial charge in [0.2, 0.25) is 6.43 Å². The van der Waals surface area contributed by atoms with Gasteiger partial charge in [-0.3, -0.25) is 9.36 Å². The lowest BCUT2D eigenvalue weighted by Crippen LogP contribution is -2.38. The highest BCUT2D eigenvalue weighted by Crippen LogP contribution is 2.36. The van der Waals surface area contributed by atoms with Crippen LogP contribution in [-0.2, 0) is 6.42 Å². The first-order valence-corrected chi connectivity index (χ1v) is 15.1. The highest BCUT2D eigenvalue weighted by molar-refractivity contribution is 5.97. The lowest BCUT2D eigenvalue weighted by Gasteiger charge is -2.32. The fraction of sp³-hybridized carbons (Fsp3) is 0.333. The van der Waals surface area contributed by atoms with Crippen LogP contribution in [-0.4, -0.2) is 39.9 Å². The Morgan fingerprint density at radius 2 is 1.79 bits per heavy atom. The highest BCUT2D eigenvalue weighted by Gasteiger charge is 2.30. The van der Waals surface area contributed by atoms with E-state index in [4.69, 9.17) is 4.98 Å². The van der Waals surface area contributed by atoms with Crippen LogP contribution in [0.15, 0.2) is 78.4 Å². The third-order valence-electron chi connectivity index (χ3n) is 8.71. The van der Waals surface area contributed by atoms with Gasteiger partial charge in [-0.2, -0.15) is 0 Å². The van der Waals surface area contributed by atoms with Crippen molar-refractivity contribution in [1.29, 1.82) is 0 Å². The van der Waals surface area contributed by atoms with Crippen molar-refractivity contribution in [3.8, 4) is 0 Å². The van der Waals surface area contributed by atoms with E-state index in [1.54, 1.807) is 4.57 Å². The molecular formula is C36H36F3N3O. The van der Waals surface area contributed by atoms with Crippen LogP contribution < -0.4 is 0 Å². The zero-order valence-corrected chi connectivity index (χ0v) is 24.6. The maximum Gasteiger partial charge on any atom is 0.253 e. The number of para-hydroxylation sites is 2. The van der Waals surface area contributed by atoms with E-state index in [9.17, 15) is 18.0 Å². The molecule has 1 aliphatic carbocycles. The molecule has 2 heterocycles. The molecule has 1 aromatic heterocycles. The van der Waals surface area contributed by atoms with Crippen LogP contribution in [0.1, 0.15) is 90.2 Å². The number of likely N-dealkylation sites (tertiary alicyclic amines) is 1. The third-order valence-corrected chi connectivity index (χ3v) is 8.71. The molecule has 1 atom stereocenters. The average Bonchev–Trinajstić information content (AvgIpc) is 3.32. The van der Waals surface area contributed by atoms with Crippen molar-refractivity contribution in [3.63, 3.8) is 0 Å². The molecule has 7 heteroatoms. The van der Waals surface area contributed by atoms with Crippen LogP contribution in [0.5, 0.6) is 0 Å². The SMILES string of the molecule is CCc1cccc(C2=CCC(CC(F)F)=Cc3cc(C(=O)N4CCC(c5nc6ccccc6n5C(C)F)CC4)ccc32)c1. The van der Waals surface area contributed by atoms with Gasteiger partial charge in [-0.15, -0.1) is 0 Å². The fourth-order valence-electron chi connectivity index (χ4n) is 6.50. The van der Waals surface area contributed by atoms with E-state index >= 15 is 0 Å². The average molecular weight is 584 g/mol. The lowest BCUT2D eigenvalue weighted by atomic mass is 9.91. The summed E-state index contributed by atoms with van der Waals surface area (Å²) in [7, 11) is 0. The number of aryl methyl sites for hydroxylation is 1. The summed E-state index contributed by atoms with van der Waals surface area (Å²) < 4.78 is 43.2. The Bertz CT molecular complexity index is 1710. The molecule has 43 heavy (non-hydrogen) atoms. The summed E-state index contributed by atoms with van der Waals surface area (Å²) in [5, 5.41) is 0. The van der Waals surface area contributed by atoms with Gasteiger partial charge >= 0.3 is 0 Å². The van der Waals surface area contributed by atoms with Gasteiger partial charge in [-0.05, 0) is 84.7 Å². The number of fused-ring (bicyclic) bond motifs is 2. The maximum absolute atomic E-state index is 14.7. The molecule has 0 spiro atoms. The van der Waals surface area contributed by atoms with Gasteiger partial charge in [0.25, 0.3) is 5.91 Å². The van der Waals surface area contributed by atoms with Crippen LogP contribution in [0.3, 0.4) is 0 Å². The van der Waals surface area contributed by atoms with Crippen molar-refractivity contribution in [2.45, 2.75) is 64.6 Å². The Morgan fingerprint density at radius 3 is 2.53 bits per heavy atom. The van der Waals surface area contributed by atoms with E-state index < -0.39 is 12.7 Å². The molecule has 4 nitrogen and oxygen atoms in total. The Kier molecular flexibility index (Phi) is 8.24. The van der Waals surface area contributed by atoms with Gasteiger partial charge in [0.1, 0.15) is 5.82 Å². The van der Waals surface area contributed by atoms with Crippen molar-refractivity contribution in [2.75, 3.05) is 13.1 Å². The van der Waals surface area contributed by atoms with E-state index in [0.717, 1.165) is 45.5 Å². The van der Waals surface area contributed by atoms with Gasteiger partial charge in [0.15, 0.2) is 6.30 Å². The Labute approximate surface area is 250 Å². The normalized spacial score (nSPS) is 16.6. The van der Waals surface area contributed by atoms with Crippen molar-refractivity contribution in [1.82, 2.24) is 14.5 Å². The third kappa shape index (κ3) is 5.90. The fourth-order valence-corrected chi connectivity index (χ4v) is 6.50. The number of hydrogen-bond acceptors (Lipinski definition) is 2. The first-order valence-electron chi connectivity index (χ1n) is 15.1. The molecule has 3 aromatic carbocycles. The molecule has 0 bridgehead atoms. The predicted molar refractivity (Wildman–Crippen MR) is 166 cm³/mol. The van der Waals surface area contributed by atoms with Crippen LogP contribution >= 0.6 is 0 Å². The molecular weight excluding hydrogens is 547 g/mol. The number of amides is 1. The monoisotopic (exact) mass is 583 g/mol. The molecule has 1 fully saturated rings. The Morgan fingerprint density at radius 1 is 1.00 bits per heavy atom.